The molecule has 1 heterocycles. The van der Waals surface area contributed by atoms with Crippen molar-refractivity contribution in [1.82, 2.24) is 0 Å². The molecule has 1 aliphatic rings. The molecule has 1 aliphatic heterocycles. The third-order valence-electron chi connectivity index (χ3n) is 5.27. The minimum absolute atomic E-state index is 0.231. The van der Waals surface area contributed by atoms with Crippen molar-refractivity contribution in [3.05, 3.63) is 101 Å². The molecule has 2 nitrogen and oxygen atoms in total. The van der Waals surface area contributed by atoms with Gasteiger partial charge in [-0.1, -0.05) is 54.6 Å². The fraction of sp³-hybridized carbons (Fsp3) is 0.208. The van der Waals surface area contributed by atoms with E-state index in [2.05, 4.69) is 98.6 Å². The van der Waals surface area contributed by atoms with Gasteiger partial charge in [-0.3, -0.25) is 5.01 Å². The van der Waals surface area contributed by atoms with Crippen molar-refractivity contribution < 1.29 is 0 Å². The lowest BCUT2D eigenvalue weighted by Crippen LogP contribution is -2.18. The number of benzene rings is 3. The minimum atomic E-state index is 0.231. The highest BCUT2D eigenvalue weighted by Crippen LogP contribution is 2.37. The number of aryl methyl sites for hydroxylation is 3. The van der Waals surface area contributed by atoms with Crippen molar-refractivity contribution in [3.8, 4) is 0 Å². The van der Waals surface area contributed by atoms with Gasteiger partial charge >= 0.3 is 0 Å². The van der Waals surface area contributed by atoms with Crippen LogP contribution in [0.2, 0.25) is 0 Å². The van der Waals surface area contributed by atoms with Crippen LogP contribution < -0.4 is 5.01 Å². The number of hydrazone groups is 1. The highest BCUT2D eigenvalue weighted by Gasteiger charge is 2.30. The third-order valence-corrected chi connectivity index (χ3v) is 5.27. The lowest BCUT2D eigenvalue weighted by atomic mass is 9.93. The number of hydrogen-bond donors (Lipinski definition) is 0. The van der Waals surface area contributed by atoms with Gasteiger partial charge in [-0.2, -0.15) is 5.10 Å². The van der Waals surface area contributed by atoms with Crippen LogP contribution in [0.15, 0.2) is 77.9 Å². The fourth-order valence-electron chi connectivity index (χ4n) is 3.70. The lowest BCUT2D eigenvalue weighted by Gasteiger charge is -2.23. The molecule has 1 atom stereocenters. The second-order valence-corrected chi connectivity index (χ2v) is 7.11. The zero-order chi connectivity index (χ0) is 18.1. The molecule has 0 saturated heterocycles. The summed E-state index contributed by atoms with van der Waals surface area (Å²) in [4.78, 5) is 0. The highest BCUT2D eigenvalue weighted by atomic mass is 15.5. The van der Waals surface area contributed by atoms with Crippen LogP contribution in [-0.2, 0) is 0 Å². The van der Waals surface area contributed by atoms with E-state index in [1.165, 1.54) is 33.5 Å². The van der Waals surface area contributed by atoms with Gasteiger partial charge in [0.25, 0.3) is 0 Å². The molecule has 0 bridgehead atoms. The Bertz CT molecular complexity index is 943. The van der Waals surface area contributed by atoms with Gasteiger partial charge in [-0.25, -0.2) is 0 Å². The second-order valence-electron chi connectivity index (χ2n) is 7.11. The highest BCUT2D eigenvalue weighted by molar-refractivity contribution is 6.04. The Morgan fingerprint density at radius 3 is 2.08 bits per heavy atom. The first-order chi connectivity index (χ1) is 12.6. The van der Waals surface area contributed by atoms with Crippen LogP contribution in [0.4, 0.5) is 5.69 Å². The number of nitrogens with zero attached hydrogens (tertiary/aromatic N) is 2. The van der Waals surface area contributed by atoms with Crippen molar-refractivity contribution in [3.63, 3.8) is 0 Å². The van der Waals surface area contributed by atoms with E-state index in [0.717, 1.165) is 12.1 Å². The molecule has 0 radical (unpaired) electrons. The molecule has 4 rings (SSSR count). The Morgan fingerprint density at radius 1 is 0.769 bits per heavy atom. The summed E-state index contributed by atoms with van der Waals surface area (Å²) in [5.41, 5.74) is 8.84. The summed E-state index contributed by atoms with van der Waals surface area (Å²) < 4.78 is 0. The average Bonchev–Trinajstić information content (AvgIpc) is 3.11. The Labute approximate surface area is 155 Å². The van der Waals surface area contributed by atoms with E-state index < -0.39 is 0 Å². The molecule has 2 heteroatoms. The first-order valence-corrected chi connectivity index (χ1v) is 9.18. The SMILES string of the molecule is Cc1cc(C)c(C2=NN(c3ccccc3)[C@@H](c3ccccc3)C2)cc1C. The van der Waals surface area contributed by atoms with Gasteiger partial charge in [0.1, 0.15) is 0 Å². The topological polar surface area (TPSA) is 15.6 Å². The van der Waals surface area contributed by atoms with Crippen LogP contribution in [-0.4, -0.2) is 5.71 Å². The zero-order valence-corrected chi connectivity index (χ0v) is 15.6. The molecule has 0 amide bonds. The van der Waals surface area contributed by atoms with E-state index in [9.17, 15) is 0 Å². The van der Waals surface area contributed by atoms with E-state index in [-0.39, 0.29) is 6.04 Å². The van der Waals surface area contributed by atoms with E-state index in [0.29, 0.717) is 0 Å². The quantitative estimate of drug-likeness (QED) is 0.574. The molecular weight excluding hydrogens is 316 g/mol. The van der Waals surface area contributed by atoms with Gasteiger partial charge in [0.05, 0.1) is 17.4 Å². The molecule has 26 heavy (non-hydrogen) atoms. The van der Waals surface area contributed by atoms with Gasteiger partial charge in [0.15, 0.2) is 0 Å². The molecular formula is C24H24N2. The van der Waals surface area contributed by atoms with E-state index in [4.69, 9.17) is 5.10 Å². The summed E-state index contributed by atoms with van der Waals surface area (Å²) in [6.07, 6.45) is 0.919. The van der Waals surface area contributed by atoms with Gasteiger partial charge in [0.2, 0.25) is 0 Å². The minimum Gasteiger partial charge on any atom is -0.257 e. The average molecular weight is 340 g/mol. The Hall–Kier alpha value is -2.87. The van der Waals surface area contributed by atoms with Crippen molar-refractivity contribution in [2.24, 2.45) is 5.10 Å². The van der Waals surface area contributed by atoms with Crippen molar-refractivity contribution in [2.75, 3.05) is 5.01 Å². The zero-order valence-electron chi connectivity index (χ0n) is 15.6. The molecule has 0 unspecified atom stereocenters. The maximum absolute atomic E-state index is 5.07. The van der Waals surface area contributed by atoms with Crippen LogP contribution in [0.5, 0.6) is 0 Å². The number of hydrogen-bond acceptors (Lipinski definition) is 2. The molecule has 0 aromatic heterocycles. The Kier molecular flexibility index (Phi) is 4.34. The first kappa shape index (κ1) is 16.6. The molecule has 0 saturated carbocycles. The normalized spacial score (nSPS) is 16.7. The van der Waals surface area contributed by atoms with Gasteiger partial charge < -0.3 is 0 Å². The van der Waals surface area contributed by atoms with Crippen molar-refractivity contribution in [1.29, 1.82) is 0 Å². The smallest absolute Gasteiger partial charge is 0.0831 e. The summed E-state index contributed by atoms with van der Waals surface area (Å²) >= 11 is 0. The molecule has 0 fully saturated rings. The van der Waals surface area contributed by atoms with Crippen LogP contribution >= 0.6 is 0 Å². The summed E-state index contributed by atoms with van der Waals surface area (Å²) in [7, 11) is 0. The van der Waals surface area contributed by atoms with Gasteiger partial charge in [-0.15, -0.1) is 0 Å². The van der Waals surface area contributed by atoms with Crippen molar-refractivity contribution >= 4 is 11.4 Å². The molecule has 0 aliphatic carbocycles. The Balaban J connectivity index is 1.79. The molecule has 0 N–H and O–H groups in total. The third kappa shape index (κ3) is 3.03. The predicted molar refractivity (Wildman–Crippen MR) is 110 cm³/mol. The summed E-state index contributed by atoms with van der Waals surface area (Å²) in [6.45, 7) is 6.54. The van der Waals surface area contributed by atoms with Gasteiger partial charge in [0, 0.05) is 12.0 Å². The number of rotatable bonds is 3. The molecule has 130 valence electrons. The maximum atomic E-state index is 5.07. The van der Waals surface area contributed by atoms with E-state index >= 15 is 0 Å². The summed E-state index contributed by atoms with van der Waals surface area (Å²) in [5, 5.41) is 7.25. The molecule has 3 aromatic rings. The van der Waals surface area contributed by atoms with Gasteiger partial charge in [-0.05, 0) is 61.2 Å². The first-order valence-electron chi connectivity index (χ1n) is 9.18. The predicted octanol–water partition coefficient (Wildman–Crippen LogP) is 5.97. The van der Waals surface area contributed by atoms with Crippen LogP contribution in [0, 0.1) is 20.8 Å². The maximum Gasteiger partial charge on any atom is 0.0831 e. The second kappa shape index (κ2) is 6.80. The lowest BCUT2D eigenvalue weighted by molar-refractivity contribution is 0.709. The Morgan fingerprint density at radius 2 is 1.38 bits per heavy atom. The summed E-state index contributed by atoms with van der Waals surface area (Å²) in [6, 6.07) is 26.0. The molecule has 3 aromatic carbocycles. The van der Waals surface area contributed by atoms with E-state index in [1.807, 2.05) is 0 Å². The van der Waals surface area contributed by atoms with Crippen LogP contribution in [0.25, 0.3) is 0 Å². The standard InChI is InChI=1S/C24H24N2/c1-17-14-19(3)22(15-18(17)2)23-16-24(20-10-6-4-7-11-20)26(25-23)21-12-8-5-9-13-21/h4-15,24H,16H2,1-3H3/t24-/m1/s1. The van der Waals surface area contributed by atoms with Crippen molar-refractivity contribution in [2.45, 2.75) is 33.2 Å². The summed E-state index contributed by atoms with van der Waals surface area (Å²) in [5.74, 6) is 0. The molecule has 0 spiro atoms. The number of anilines is 1. The number of para-hydroxylation sites is 1. The van der Waals surface area contributed by atoms with Crippen LogP contribution in [0.1, 0.15) is 40.3 Å². The largest absolute Gasteiger partial charge is 0.257 e. The van der Waals surface area contributed by atoms with Crippen LogP contribution in [0.3, 0.4) is 0 Å². The monoisotopic (exact) mass is 340 g/mol. The fourth-order valence-corrected chi connectivity index (χ4v) is 3.70. The van der Waals surface area contributed by atoms with E-state index in [1.54, 1.807) is 0 Å².